The zero-order chi connectivity index (χ0) is 7.98. The van der Waals surface area contributed by atoms with Crippen molar-refractivity contribution in [3.8, 4) is 0 Å². The molecule has 0 spiro atoms. The molecule has 0 amide bonds. The molecular formula is C10H16. The lowest BCUT2D eigenvalue weighted by Crippen LogP contribution is -1.82. The van der Waals surface area contributed by atoms with Gasteiger partial charge in [-0.05, 0) is 24.0 Å². The Kier molecular flexibility index (Phi) is 4.65. The van der Waals surface area contributed by atoms with Crippen LogP contribution in [-0.4, -0.2) is 0 Å². The summed E-state index contributed by atoms with van der Waals surface area (Å²) in [5.41, 5.74) is 2.63. The molecule has 0 saturated heterocycles. The molecular weight excluding hydrogens is 120 g/mol. The van der Waals surface area contributed by atoms with Gasteiger partial charge in [0.2, 0.25) is 0 Å². The van der Waals surface area contributed by atoms with Crippen LogP contribution in [-0.2, 0) is 0 Å². The summed E-state index contributed by atoms with van der Waals surface area (Å²) in [6.45, 7) is 11.8. The first-order valence-electron chi connectivity index (χ1n) is 3.77. The molecule has 56 valence electrons. The van der Waals surface area contributed by atoms with E-state index in [2.05, 4.69) is 27.0 Å². The average molecular weight is 136 g/mol. The second kappa shape index (κ2) is 5.04. The molecule has 0 aliphatic rings. The van der Waals surface area contributed by atoms with Gasteiger partial charge in [0.15, 0.2) is 0 Å². The highest BCUT2D eigenvalue weighted by molar-refractivity contribution is 5.30. The fourth-order valence-electron chi connectivity index (χ4n) is 1.00. The van der Waals surface area contributed by atoms with Gasteiger partial charge in [-0.15, -0.1) is 0 Å². The first-order chi connectivity index (χ1) is 4.79. The summed E-state index contributed by atoms with van der Waals surface area (Å²) in [6, 6.07) is 0. The Balaban J connectivity index is 4.50. The van der Waals surface area contributed by atoms with Gasteiger partial charge in [-0.2, -0.15) is 0 Å². The molecule has 0 fully saturated rings. The van der Waals surface area contributed by atoms with Crippen LogP contribution in [0.3, 0.4) is 0 Å². The molecule has 0 rings (SSSR count). The van der Waals surface area contributed by atoms with Crippen LogP contribution in [0.2, 0.25) is 0 Å². The van der Waals surface area contributed by atoms with Gasteiger partial charge in [0.05, 0.1) is 0 Å². The molecule has 0 saturated carbocycles. The second-order valence-electron chi connectivity index (χ2n) is 2.17. The van der Waals surface area contributed by atoms with E-state index < -0.39 is 0 Å². The number of rotatable bonds is 4. The van der Waals surface area contributed by atoms with Crippen LogP contribution < -0.4 is 0 Å². The highest BCUT2D eigenvalue weighted by atomic mass is 14.0. The summed E-state index contributed by atoms with van der Waals surface area (Å²) in [4.78, 5) is 0. The number of allylic oxidation sites excluding steroid dienone is 4. The standard InChI is InChI=1S/C10H16/c1-5-9(6-2)10(7-3)8-4/h5,7H,1,3,6,8H2,2,4H3/b10-9+. The van der Waals surface area contributed by atoms with Crippen molar-refractivity contribution in [2.24, 2.45) is 0 Å². The van der Waals surface area contributed by atoms with E-state index >= 15 is 0 Å². The molecule has 0 aromatic heterocycles. The largest absolute Gasteiger partial charge is 0.0988 e. The normalized spacial score (nSPS) is 12.2. The predicted molar refractivity (Wildman–Crippen MR) is 48.0 cm³/mol. The highest BCUT2D eigenvalue weighted by Gasteiger charge is 1.93. The van der Waals surface area contributed by atoms with Gasteiger partial charge >= 0.3 is 0 Å². The van der Waals surface area contributed by atoms with Crippen LogP contribution in [0.1, 0.15) is 26.7 Å². The Morgan fingerprint density at radius 3 is 1.40 bits per heavy atom. The molecule has 0 aliphatic carbocycles. The molecule has 10 heavy (non-hydrogen) atoms. The quantitative estimate of drug-likeness (QED) is 0.519. The van der Waals surface area contributed by atoms with Crippen molar-refractivity contribution in [3.63, 3.8) is 0 Å². The van der Waals surface area contributed by atoms with Crippen LogP contribution >= 0.6 is 0 Å². The highest BCUT2D eigenvalue weighted by Crippen LogP contribution is 2.13. The minimum Gasteiger partial charge on any atom is -0.0988 e. The predicted octanol–water partition coefficient (Wildman–Crippen LogP) is 3.48. The minimum atomic E-state index is 1.05. The summed E-state index contributed by atoms with van der Waals surface area (Å²) >= 11 is 0. The Bertz CT molecular complexity index is 131. The Hall–Kier alpha value is -0.780. The summed E-state index contributed by atoms with van der Waals surface area (Å²) in [7, 11) is 0. The molecule has 0 bridgehead atoms. The fourth-order valence-corrected chi connectivity index (χ4v) is 1.00. The van der Waals surface area contributed by atoms with E-state index in [1.165, 1.54) is 11.1 Å². The second-order valence-corrected chi connectivity index (χ2v) is 2.17. The zero-order valence-electron chi connectivity index (χ0n) is 6.98. The van der Waals surface area contributed by atoms with Crippen LogP contribution in [0.5, 0.6) is 0 Å². The minimum absolute atomic E-state index is 1.05. The molecule has 0 radical (unpaired) electrons. The lowest BCUT2D eigenvalue weighted by Gasteiger charge is -2.02. The summed E-state index contributed by atoms with van der Waals surface area (Å²) in [6.07, 6.45) is 5.94. The van der Waals surface area contributed by atoms with Gasteiger partial charge in [0.1, 0.15) is 0 Å². The molecule has 0 nitrogen and oxygen atoms in total. The van der Waals surface area contributed by atoms with Crippen LogP contribution in [0, 0.1) is 0 Å². The van der Waals surface area contributed by atoms with E-state index in [0.717, 1.165) is 12.8 Å². The van der Waals surface area contributed by atoms with Gasteiger partial charge in [0.25, 0.3) is 0 Å². The van der Waals surface area contributed by atoms with Gasteiger partial charge in [-0.3, -0.25) is 0 Å². The first-order valence-corrected chi connectivity index (χ1v) is 3.77. The van der Waals surface area contributed by atoms with Crippen molar-refractivity contribution in [2.75, 3.05) is 0 Å². The van der Waals surface area contributed by atoms with Gasteiger partial charge in [-0.25, -0.2) is 0 Å². The van der Waals surface area contributed by atoms with Crippen molar-refractivity contribution < 1.29 is 0 Å². The molecule has 0 aliphatic heterocycles. The third-order valence-electron chi connectivity index (χ3n) is 1.67. The monoisotopic (exact) mass is 136 g/mol. The lowest BCUT2D eigenvalue weighted by molar-refractivity contribution is 1.05. The van der Waals surface area contributed by atoms with Gasteiger partial charge < -0.3 is 0 Å². The van der Waals surface area contributed by atoms with Crippen molar-refractivity contribution >= 4 is 0 Å². The summed E-state index contributed by atoms with van der Waals surface area (Å²) < 4.78 is 0. The maximum atomic E-state index is 3.74. The molecule has 0 heterocycles. The van der Waals surface area contributed by atoms with E-state index in [4.69, 9.17) is 0 Å². The maximum absolute atomic E-state index is 3.74. The molecule has 0 N–H and O–H groups in total. The number of hydrogen-bond donors (Lipinski definition) is 0. The smallest absolute Gasteiger partial charge is 0.0305 e. The zero-order valence-corrected chi connectivity index (χ0v) is 6.98. The molecule has 0 unspecified atom stereocenters. The van der Waals surface area contributed by atoms with Crippen LogP contribution in [0.25, 0.3) is 0 Å². The Morgan fingerprint density at radius 2 is 1.30 bits per heavy atom. The average Bonchev–Trinajstić information content (AvgIpc) is 2.00. The SMILES string of the molecule is C=C/C(CC)=C(/C=C)CC. The van der Waals surface area contributed by atoms with E-state index in [9.17, 15) is 0 Å². The Labute approximate surface area is 64.0 Å². The summed E-state index contributed by atoms with van der Waals surface area (Å²) in [5, 5.41) is 0. The number of hydrogen-bond acceptors (Lipinski definition) is 0. The molecule has 0 atom stereocenters. The molecule has 0 aromatic carbocycles. The van der Waals surface area contributed by atoms with E-state index in [1.807, 2.05) is 12.2 Å². The summed E-state index contributed by atoms with van der Waals surface area (Å²) in [5.74, 6) is 0. The topological polar surface area (TPSA) is 0 Å². The van der Waals surface area contributed by atoms with Crippen LogP contribution in [0.15, 0.2) is 36.5 Å². The van der Waals surface area contributed by atoms with Gasteiger partial charge in [0, 0.05) is 0 Å². The molecule has 0 aromatic rings. The van der Waals surface area contributed by atoms with E-state index in [1.54, 1.807) is 0 Å². The van der Waals surface area contributed by atoms with Gasteiger partial charge in [-0.1, -0.05) is 39.2 Å². The van der Waals surface area contributed by atoms with Crippen molar-refractivity contribution in [1.29, 1.82) is 0 Å². The maximum Gasteiger partial charge on any atom is -0.0305 e. The lowest BCUT2D eigenvalue weighted by atomic mass is 10.0. The Morgan fingerprint density at radius 1 is 1.00 bits per heavy atom. The van der Waals surface area contributed by atoms with E-state index in [-0.39, 0.29) is 0 Å². The van der Waals surface area contributed by atoms with Crippen molar-refractivity contribution in [2.45, 2.75) is 26.7 Å². The molecule has 0 heteroatoms. The van der Waals surface area contributed by atoms with Crippen molar-refractivity contribution in [3.05, 3.63) is 36.5 Å². The fraction of sp³-hybridized carbons (Fsp3) is 0.400. The van der Waals surface area contributed by atoms with E-state index in [0.29, 0.717) is 0 Å². The van der Waals surface area contributed by atoms with Crippen molar-refractivity contribution in [1.82, 2.24) is 0 Å². The third kappa shape index (κ3) is 2.22. The van der Waals surface area contributed by atoms with Crippen LogP contribution in [0.4, 0.5) is 0 Å². The third-order valence-corrected chi connectivity index (χ3v) is 1.67. The first kappa shape index (κ1) is 9.22.